The van der Waals surface area contributed by atoms with Crippen LogP contribution >= 0.6 is 0 Å². The molecule has 9 heteroatoms. The quantitative estimate of drug-likeness (QED) is 0.445. The highest BCUT2D eigenvalue weighted by Crippen LogP contribution is 2.34. The van der Waals surface area contributed by atoms with Crippen LogP contribution in [0.2, 0.25) is 0 Å². The zero-order chi connectivity index (χ0) is 22.1. The summed E-state index contributed by atoms with van der Waals surface area (Å²) in [5, 5.41) is 5.62. The van der Waals surface area contributed by atoms with E-state index < -0.39 is 35.4 Å². The third-order valence-electron chi connectivity index (χ3n) is 5.17. The van der Waals surface area contributed by atoms with E-state index in [1.165, 1.54) is 19.2 Å². The molecule has 0 bridgehead atoms. The van der Waals surface area contributed by atoms with Crippen LogP contribution < -0.4 is 15.5 Å². The molecule has 8 nitrogen and oxygen atoms in total. The number of ether oxygens (including phenoxy) is 1. The fourth-order valence-electron chi connectivity index (χ4n) is 3.66. The Morgan fingerprint density at radius 2 is 1.71 bits per heavy atom. The van der Waals surface area contributed by atoms with Crippen LogP contribution in [0.1, 0.15) is 12.8 Å². The minimum atomic E-state index is -0.870. The zero-order valence-corrected chi connectivity index (χ0v) is 16.5. The predicted octanol–water partition coefficient (Wildman–Crippen LogP) is 2.59. The van der Waals surface area contributed by atoms with Crippen LogP contribution in [-0.4, -0.2) is 30.8 Å². The van der Waals surface area contributed by atoms with Crippen LogP contribution in [0.5, 0.6) is 0 Å². The van der Waals surface area contributed by atoms with Gasteiger partial charge in [0.1, 0.15) is 11.5 Å². The van der Waals surface area contributed by atoms with Gasteiger partial charge in [0.2, 0.25) is 11.8 Å². The van der Waals surface area contributed by atoms with Gasteiger partial charge in [0.25, 0.3) is 5.91 Å². The van der Waals surface area contributed by atoms with Crippen LogP contribution in [0.4, 0.5) is 21.5 Å². The molecule has 1 fully saturated rings. The molecule has 2 heterocycles. The topological polar surface area (TPSA) is 105 Å². The number of esters is 1. The van der Waals surface area contributed by atoms with Gasteiger partial charge >= 0.3 is 5.97 Å². The number of anilines is 3. The number of nitrogens with zero attached hydrogens (tertiary/aromatic N) is 1. The molecule has 0 radical (unpaired) electrons. The van der Waals surface area contributed by atoms with E-state index >= 15 is 0 Å². The van der Waals surface area contributed by atoms with Crippen molar-refractivity contribution in [1.82, 2.24) is 0 Å². The lowest BCUT2D eigenvalue weighted by molar-refractivity contribution is -0.136. The van der Waals surface area contributed by atoms with Crippen molar-refractivity contribution in [2.45, 2.75) is 12.8 Å². The third-order valence-corrected chi connectivity index (χ3v) is 5.17. The predicted molar refractivity (Wildman–Crippen MR) is 109 cm³/mol. The van der Waals surface area contributed by atoms with Gasteiger partial charge in [-0.2, -0.15) is 0 Å². The van der Waals surface area contributed by atoms with Gasteiger partial charge in [0, 0.05) is 6.42 Å². The van der Waals surface area contributed by atoms with Crippen LogP contribution in [0, 0.1) is 11.7 Å². The number of imide groups is 1. The van der Waals surface area contributed by atoms with Gasteiger partial charge in [-0.15, -0.1) is 0 Å². The highest BCUT2D eigenvalue weighted by molar-refractivity contribution is 6.21. The number of hydrogen-bond acceptors (Lipinski definition) is 6. The molecule has 2 aromatic rings. The molecule has 3 amide bonds. The summed E-state index contributed by atoms with van der Waals surface area (Å²) in [5.74, 6) is -3.70. The van der Waals surface area contributed by atoms with E-state index in [9.17, 15) is 23.6 Å². The smallest absolute Gasteiger partial charge is 0.336 e. The largest absolute Gasteiger partial charge is 0.466 e. The van der Waals surface area contributed by atoms with Gasteiger partial charge in [-0.05, 0) is 42.8 Å². The van der Waals surface area contributed by atoms with E-state index in [0.717, 1.165) is 17.0 Å². The maximum atomic E-state index is 13.2. The van der Waals surface area contributed by atoms with Gasteiger partial charge in [-0.3, -0.25) is 19.3 Å². The van der Waals surface area contributed by atoms with Gasteiger partial charge < -0.3 is 15.4 Å². The highest BCUT2D eigenvalue weighted by Gasteiger charge is 2.41. The number of para-hydroxylation sites is 2. The van der Waals surface area contributed by atoms with Crippen molar-refractivity contribution in [2.24, 2.45) is 5.92 Å². The molecular weight excluding hydrogens is 405 g/mol. The average Bonchev–Trinajstić information content (AvgIpc) is 3.04. The number of hydrogen-bond donors (Lipinski definition) is 2. The van der Waals surface area contributed by atoms with Crippen LogP contribution in [0.25, 0.3) is 0 Å². The lowest BCUT2D eigenvalue weighted by atomic mass is 9.95. The van der Waals surface area contributed by atoms with Gasteiger partial charge in [-0.25, -0.2) is 9.18 Å². The van der Waals surface area contributed by atoms with Crippen molar-refractivity contribution in [1.29, 1.82) is 0 Å². The number of benzene rings is 2. The molecule has 0 aliphatic carbocycles. The van der Waals surface area contributed by atoms with Crippen molar-refractivity contribution in [3.8, 4) is 0 Å². The molecule has 31 heavy (non-hydrogen) atoms. The summed E-state index contributed by atoms with van der Waals surface area (Å²) in [7, 11) is 1.17. The number of rotatable bonds is 4. The molecule has 2 aromatic carbocycles. The molecular formula is C22H18FN3O5. The van der Waals surface area contributed by atoms with Crippen molar-refractivity contribution >= 4 is 40.8 Å². The van der Waals surface area contributed by atoms with Crippen molar-refractivity contribution in [3.63, 3.8) is 0 Å². The first-order chi connectivity index (χ1) is 14.9. The Hall–Kier alpha value is -4.01. The molecule has 0 saturated carbocycles. The molecule has 1 saturated heterocycles. The Morgan fingerprint density at radius 3 is 2.35 bits per heavy atom. The molecule has 1 unspecified atom stereocenters. The molecule has 2 aliphatic heterocycles. The summed E-state index contributed by atoms with van der Waals surface area (Å²) in [6.45, 7) is 0. The SMILES string of the molecule is COC(=O)/C(CC1CC(=O)N(c2ccc(F)cc2)C1=O)=C1/Nc2ccccc2NC1=O. The minimum Gasteiger partial charge on any atom is -0.466 e. The Morgan fingerprint density at radius 1 is 1.06 bits per heavy atom. The van der Waals surface area contributed by atoms with Gasteiger partial charge in [0.05, 0.1) is 35.7 Å². The number of amides is 3. The molecule has 2 aliphatic rings. The Bertz CT molecular complexity index is 1130. The van der Waals surface area contributed by atoms with Crippen LogP contribution in [0.15, 0.2) is 59.8 Å². The fraction of sp³-hybridized carbons (Fsp3) is 0.182. The summed E-state index contributed by atoms with van der Waals surface area (Å²) in [4.78, 5) is 51.5. The van der Waals surface area contributed by atoms with E-state index in [4.69, 9.17) is 4.74 Å². The van der Waals surface area contributed by atoms with Crippen molar-refractivity contribution in [3.05, 3.63) is 65.6 Å². The summed E-state index contributed by atoms with van der Waals surface area (Å²) in [6.07, 6.45) is -0.324. The summed E-state index contributed by atoms with van der Waals surface area (Å²) >= 11 is 0. The standard InChI is InChI=1S/C22H18FN3O5/c1-31-22(30)15(19-20(28)25-17-5-3-2-4-16(17)24-19)10-12-11-18(27)26(21(12)29)14-8-6-13(23)7-9-14/h2-9,12,24H,10-11H2,1H3,(H,25,28)/b19-15+. The number of halogens is 1. The number of carbonyl (C=O) groups excluding carboxylic acids is 4. The molecule has 0 spiro atoms. The lowest BCUT2D eigenvalue weighted by Crippen LogP contribution is -2.32. The Labute approximate surface area is 176 Å². The van der Waals surface area contributed by atoms with Crippen molar-refractivity contribution in [2.75, 3.05) is 22.6 Å². The number of nitrogens with one attached hydrogen (secondary N) is 2. The number of carbonyl (C=O) groups is 4. The van der Waals surface area contributed by atoms with Crippen LogP contribution in [-0.2, 0) is 23.9 Å². The summed E-state index contributed by atoms with van der Waals surface area (Å²) in [6, 6.07) is 11.9. The average molecular weight is 423 g/mol. The van der Waals surface area contributed by atoms with E-state index in [0.29, 0.717) is 11.4 Å². The third kappa shape index (κ3) is 3.77. The van der Waals surface area contributed by atoms with Gasteiger partial charge in [0.15, 0.2) is 0 Å². The fourth-order valence-corrected chi connectivity index (χ4v) is 3.66. The first-order valence-electron chi connectivity index (χ1n) is 9.50. The Balaban J connectivity index is 1.65. The maximum absolute atomic E-state index is 13.2. The minimum absolute atomic E-state index is 0.0361. The van der Waals surface area contributed by atoms with E-state index in [2.05, 4.69) is 10.6 Å². The van der Waals surface area contributed by atoms with Gasteiger partial charge in [-0.1, -0.05) is 12.1 Å². The van der Waals surface area contributed by atoms with E-state index in [-0.39, 0.29) is 29.8 Å². The first-order valence-corrected chi connectivity index (χ1v) is 9.50. The molecule has 4 rings (SSSR count). The number of fused-ring (bicyclic) bond motifs is 1. The normalized spacial score (nSPS) is 19.5. The molecule has 2 N–H and O–H groups in total. The van der Waals surface area contributed by atoms with E-state index in [1.54, 1.807) is 24.3 Å². The second-order valence-corrected chi connectivity index (χ2v) is 7.12. The second-order valence-electron chi connectivity index (χ2n) is 7.12. The van der Waals surface area contributed by atoms with Crippen LogP contribution in [0.3, 0.4) is 0 Å². The summed E-state index contributed by atoms with van der Waals surface area (Å²) in [5.41, 5.74) is 1.30. The number of methoxy groups -OCH3 is 1. The van der Waals surface area contributed by atoms with E-state index in [1.807, 2.05) is 0 Å². The Kier molecular flexibility index (Phi) is 5.24. The van der Waals surface area contributed by atoms with Crippen molar-refractivity contribution < 1.29 is 28.3 Å². The zero-order valence-electron chi connectivity index (χ0n) is 16.5. The molecule has 1 atom stereocenters. The molecule has 0 aromatic heterocycles. The first kappa shape index (κ1) is 20.3. The highest BCUT2D eigenvalue weighted by atomic mass is 19.1. The summed E-state index contributed by atoms with van der Waals surface area (Å²) < 4.78 is 18.0. The maximum Gasteiger partial charge on any atom is 0.336 e. The molecule has 158 valence electrons. The monoisotopic (exact) mass is 423 g/mol. The second kappa shape index (κ2) is 8.02. The lowest BCUT2D eigenvalue weighted by Gasteiger charge is -2.23.